The van der Waals surface area contributed by atoms with Gasteiger partial charge in [-0.3, -0.25) is 0 Å². The van der Waals surface area contributed by atoms with Crippen LogP contribution >= 0.6 is 12.2 Å². The van der Waals surface area contributed by atoms with Crippen LogP contribution in [0.25, 0.3) is 0 Å². The smallest absolute Gasteiger partial charge is 0.404 e. The van der Waals surface area contributed by atoms with Crippen LogP contribution < -0.4 is 4.72 Å². The van der Waals surface area contributed by atoms with Gasteiger partial charge in [0.05, 0.1) is 7.11 Å². The van der Waals surface area contributed by atoms with Crippen LogP contribution in [0.2, 0.25) is 0 Å². The van der Waals surface area contributed by atoms with Crippen molar-refractivity contribution in [3.05, 3.63) is 0 Å². The van der Waals surface area contributed by atoms with Crippen molar-refractivity contribution in [3.8, 4) is 6.19 Å². The normalized spacial score (nSPS) is 11.2. The molecule has 3 nitrogen and oxygen atoms in total. The van der Waals surface area contributed by atoms with Gasteiger partial charge in [0, 0.05) is 12.2 Å². The summed E-state index contributed by atoms with van der Waals surface area (Å²) in [5.41, 5.74) is 0. The van der Waals surface area contributed by atoms with E-state index >= 15 is 0 Å². The molecule has 0 aromatic rings. The summed E-state index contributed by atoms with van der Waals surface area (Å²) >= 11 is 4.30. The van der Waals surface area contributed by atoms with Gasteiger partial charge < -0.3 is 4.74 Å². The fourth-order valence-corrected chi connectivity index (χ4v) is 0.830. The van der Waals surface area contributed by atoms with Crippen LogP contribution in [0.15, 0.2) is 0 Å². The molecule has 0 radical (unpaired) electrons. The highest BCUT2D eigenvalue weighted by Gasteiger charge is 2.18. The average molecular weight is 163 g/mol. The van der Waals surface area contributed by atoms with Crippen molar-refractivity contribution < 1.29 is 4.74 Å². The highest BCUT2D eigenvalue weighted by molar-refractivity contribution is 8.18. The number of rotatable bonds is 1. The first-order valence-corrected chi connectivity index (χ1v) is 4.15. The molecule has 0 amide bonds. The van der Waals surface area contributed by atoms with Crippen LogP contribution in [0.5, 0.6) is 0 Å². The Labute approximate surface area is 62.5 Å². The van der Waals surface area contributed by atoms with E-state index in [1.807, 2.05) is 0 Å². The molecule has 0 aromatic carbocycles. The molecule has 0 aromatic heterocycles. The molecule has 0 saturated carbocycles. The Morgan fingerprint density at radius 2 is 2.44 bits per heavy atom. The molecule has 9 heavy (non-hydrogen) atoms. The van der Waals surface area contributed by atoms with Crippen LogP contribution in [0.1, 0.15) is 0 Å². The maximum atomic E-state index is 8.11. The lowest BCUT2D eigenvalue weighted by Gasteiger charge is -1.95. The summed E-state index contributed by atoms with van der Waals surface area (Å²) in [7, 11) is 1.49. The monoisotopic (exact) mass is 163 g/mol. The first-order valence-electron chi connectivity index (χ1n) is 2.11. The zero-order valence-corrected chi connectivity index (χ0v) is 6.80. The largest absolute Gasteiger partial charge is 0.450 e. The van der Waals surface area contributed by atoms with Crippen molar-refractivity contribution >= 4 is 27.7 Å². The van der Waals surface area contributed by atoms with Gasteiger partial charge in [0.15, 0.2) is 11.1 Å². The van der Waals surface area contributed by atoms with E-state index in [1.165, 1.54) is 7.11 Å². The number of nitrogens with one attached hydrogen (secondary N) is 1. The molecule has 0 heterocycles. The zero-order valence-electron chi connectivity index (χ0n) is 5.17. The standard InChI is InChI=1S/C4H7N2OS2/c1-7-4(8)9(2)6-3-5/h6H,1-2H3/q+1. The number of hydrogen-bond donors (Lipinski definition) is 1. The molecule has 0 saturated heterocycles. The van der Waals surface area contributed by atoms with Crippen LogP contribution in [0.4, 0.5) is 0 Å². The van der Waals surface area contributed by atoms with E-state index in [9.17, 15) is 0 Å². The van der Waals surface area contributed by atoms with Crippen LogP contribution in [-0.2, 0) is 15.8 Å². The minimum Gasteiger partial charge on any atom is -0.450 e. The summed E-state index contributed by atoms with van der Waals surface area (Å²) < 4.78 is 7.59. The molecular weight excluding hydrogens is 156 g/mol. The van der Waals surface area contributed by atoms with E-state index in [-0.39, 0.29) is 0 Å². The summed E-state index contributed by atoms with van der Waals surface area (Å²) in [6.07, 6.45) is 3.56. The van der Waals surface area contributed by atoms with Crippen LogP contribution in [0, 0.1) is 11.5 Å². The third-order valence-corrected chi connectivity index (χ3v) is 2.60. The van der Waals surface area contributed by atoms with Crippen LogP contribution in [0.3, 0.4) is 0 Å². The van der Waals surface area contributed by atoms with Crippen molar-refractivity contribution in [2.45, 2.75) is 0 Å². The molecule has 0 aliphatic carbocycles. The molecule has 0 spiro atoms. The summed E-state index contributed by atoms with van der Waals surface area (Å²) in [6, 6.07) is 0. The Morgan fingerprint density at radius 3 is 2.78 bits per heavy atom. The number of hydrogen-bond acceptors (Lipinski definition) is 4. The van der Waals surface area contributed by atoms with Crippen LogP contribution in [-0.4, -0.2) is 17.7 Å². The molecular formula is C4H7N2OS2+. The Bertz CT molecular complexity index is 142. The van der Waals surface area contributed by atoms with E-state index in [1.54, 1.807) is 12.4 Å². The van der Waals surface area contributed by atoms with E-state index in [0.717, 1.165) is 0 Å². The minimum absolute atomic E-state index is 0.417. The summed E-state index contributed by atoms with van der Waals surface area (Å²) in [6.45, 7) is 0. The van der Waals surface area contributed by atoms with Crippen molar-refractivity contribution in [1.29, 1.82) is 5.26 Å². The lowest BCUT2D eigenvalue weighted by atomic mass is 11.5. The van der Waals surface area contributed by atoms with Gasteiger partial charge >= 0.3 is 4.38 Å². The van der Waals surface area contributed by atoms with Gasteiger partial charge in [-0.05, 0) is 0 Å². The fraction of sp³-hybridized carbons (Fsp3) is 0.500. The molecule has 1 N–H and O–H groups in total. The number of nitrogens with zero attached hydrogens (tertiary/aromatic N) is 1. The lowest BCUT2D eigenvalue weighted by Crippen LogP contribution is -2.25. The van der Waals surface area contributed by atoms with E-state index < -0.39 is 11.1 Å². The van der Waals surface area contributed by atoms with E-state index in [2.05, 4.69) is 4.72 Å². The molecule has 50 valence electrons. The number of methoxy groups -OCH3 is 1. The Morgan fingerprint density at radius 1 is 1.89 bits per heavy atom. The molecule has 0 rings (SSSR count). The predicted octanol–water partition coefficient (Wildman–Crippen LogP) is 0.151. The molecule has 1 atom stereocenters. The van der Waals surface area contributed by atoms with Crippen molar-refractivity contribution in [2.24, 2.45) is 0 Å². The van der Waals surface area contributed by atoms with Gasteiger partial charge in [-0.1, -0.05) is 0 Å². The topological polar surface area (TPSA) is 45.0 Å². The quantitative estimate of drug-likeness (QED) is 0.259. The Balaban J connectivity index is 3.62. The van der Waals surface area contributed by atoms with E-state index in [4.69, 9.17) is 22.2 Å². The van der Waals surface area contributed by atoms with Crippen molar-refractivity contribution in [1.82, 2.24) is 4.72 Å². The second-order valence-electron chi connectivity index (χ2n) is 1.18. The van der Waals surface area contributed by atoms with Gasteiger partial charge in [0.2, 0.25) is 6.19 Å². The number of thiocarbonyl (C=S) groups is 1. The Kier molecular flexibility index (Phi) is 4.18. The van der Waals surface area contributed by atoms with Gasteiger partial charge in [0.1, 0.15) is 6.26 Å². The highest BCUT2D eigenvalue weighted by atomic mass is 32.2. The maximum absolute atomic E-state index is 8.11. The predicted molar refractivity (Wildman–Crippen MR) is 41.6 cm³/mol. The van der Waals surface area contributed by atoms with Gasteiger partial charge in [-0.2, -0.15) is 5.26 Å². The number of ether oxygens (including phenoxy) is 1. The molecule has 0 aliphatic rings. The summed E-state index contributed by atoms with van der Waals surface area (Å²) in [5, 5.41) is 8.11. The molecule has 1 unspecified atom stereocenters. The van der Waals surface area contributed by atoms with Gasteiger partial charge in [-0.15, -0.1) is 4.72 Å². The van der Waals surface area contributed by atoms with Gasteiger partial charge in [-0.25, -0.2) is 0 Å². The second-order valence-corrected chi connectivity index (χ2v) is 3.40. The molecule has 5 heteroatoms. The molecule has 0 fully saturated rings. The minimum atomic E-state index is -0.417. The SMILES string of the molecule is COC(=S)[S+](C)NC#N. The maximum Gasteiger partial charge on any atom is 0.404 e. The lowest BCUT2D eigenvalue weighted by molar-refractivity contribution is 0.425. The third kappa shape index (κ3) is 3.16. The fourth-order valence-electron chi connectivity index (χ4n) is 0.235. The average Bonchev–Trinajstić information content (AvgIpc) is 1.87. The van der Waals surface area contributed by atoms with Gasteiger partial charge in [0.25, 0.3) is 0 Å². The van der Waals surface area contributed by atoms with Crippen molar-refractivity contribution in [3.63, 3.8) is 0 Å². The highest BCUT2D eigenvalue weighted by Crippen LogP contribution is 1.89. The summed E-state index contributed by atoms with van der Waals surface area (Å²) in [5.74, 6) is 0. The van der Waals surface area contributed by atoms with Crippen molar-refractivity contribution in [2.75, 3.05) is 13.4 Å². The second kappa shape index (κ2) is 4.41. The summed E-state index contributed by atoms with van der Waals surface area (Å²) in [4.78, 5) is 0. The van der Waals surface area contributed by atoms with E-state index in [0.29, 0.717) is 4.38 Å². The Hall–Kier alpha value is -0.470. The first kappa shape index (κ1) is 8.53. The molecule has 0 bridgehead atoms. The third-order valence-electron chi connectivity index (χ3n) is 0.615. The first-order chi connectivity index (χ1) is 4.22. The zero-order chi connectivity index (χ0) is 7.28. The molecule has 0 aliphatic heterocycles. The number of nitriles is 1.